The summed E-state index contributed by atoms with van der Waals surface area (Å²) in [7, 11) is -4.39. The highest BCUT2D eigenvalue weighted by Crippen LogP contribution is 2.43. The first kappa shape index (κ1) is 25.7. The predicted molar refractivity (Wildman–Crippen MR) is 144 cm³/mol. The van der Waals surface area contributed by atoms with E-state index < -0.39 is 32.0 Å². The van der Waals surface area contributed by atoms with Crippen LogP contribution < -0.4 is 10.5 Å². The van der Waals surface area contributed by atoms with Crippen molar-refractivity contribution in [2.24, 2.45) is 5.92 Å². The summed E-state index contributed by atoms with van der Waals surface area (Å²) in [5.41, 5.74) is 2.51. The number of H-pyrrole nitrogens is 1. The number of sulfone groups is 1. The van der Waals surface area contributed by atoms with Crippen LogP contribution in [0.5, 0.6) is 5.75 Å². The molecule has 5 rings (SSSR count). The number of aryl methyl sites for hydroxylation is 1. The van der Waals surface area contributed by atoms with Gasteiger partial charge in [-0.2, -0.15) is 4.39 Å². The van der Waals surface area contributed by atoms with Gasteiger partial charge in [0.05, 0.1) is 4.90 Å². The van der Waals surface area contributed by atoms with Crippen LogP contribution in [0.25, 0.3) is 11.1 Å². The van der Waals surface area contributed by atoms with Crippen molar-refractivity contribution < 1.29 is 17.9 Å². The van der Waals surface area contributed by atoms with Gasteiger partial charge in [0, 0.05) is 29.2 Å². The minimum absolute atomic E-state index is 0.140. The first-order valence-corrected chi connectivity index (χ1v) is 14.0. The highest BCUT2D eigenvalue weighted by Gasteiger charge is 2.33. The van der Waals surface area contributed by atoms with Crippen LogP contribution in [0, 0.1) is 18.8 Å². The summed E-state index contributed by atoms with van der Waals surface area (Å²) in [5.74, 6) is -0.770. The van der Waals surface area contributed by atoms with E-state index in [-0.39, 0.29) is 4.90 Å². The van der Waals surface area contributed by atoms with Gasteiger partial charge in [-0.3, -0.25) is 4.79 Å². The molecule has 1 saturated carbocycles. The van der Waals surface area contributed by atoms with E-state index in [2.05, 4.69) is 9.97 Å². The summed E-state index contributed by atoms with van der Waals surface area (Å²) in [4.78, 5) is 20.8. The lowest BCUT2D eigenvalue weighted by Gasteiger charge is -2.27. The summed E-state index contributed by atoms with van der Waals surface area (Å²) >= 11 is 0. The van der Waals surface area contributed by atoms with Crippen molar-refractivity contribution in [2.45, 2.75) is 42.9 Å². The van der Waals surface area contributed by atoms with Crippen molar-refractivity contribution >= 4 is 21.2 Å². The fourth-order valence-corrected chi connectivity index (χ4v) is 6.13. The van der Waals surface area contributed by atoms with Gasteiger partial charge in [-0.25, -0.2) is 13.4 Å². The number of aromatic nitrogens is 2. The standard InChI is InChI=1S/C29H28FN3O4S/c1-3-33(21-7-5-4-6-8-21)26-24(17-19-9-10-19)32-29(35)28(27(26)34)38(36,37)22-13-11-20(12-14-22)23-15-16-25(30)31-18(23)2/h4-8,11-16,19H,3,9-10,17H2,1-2H3,(H2,32,34,35). The van der Waals surface area contributed by atoms with E-state index in [1.807, 2.05) is 42.2 Å². The lowest BCUT2D eigenvalue weighted by molar-refractivity contribution is 0.454. The third-order valence-electron chi connectivity index (χ3n) is 6.84. The number of aromatic amines is 1. The van der Waals surface area contributed by atoms with Crippen LogP contribution in [0.3, 0.4) is 0 Å². The Labute approximate surface area is 220 Å². The Morgan fingerprint density at radius 1 is 1.05 bits per heavy atom. The first-order valence-electron chi connectivity index (χ1n) is 12.5. The number of benzene rings is 2. The smallest absolute Gasteiger partial charge is 0.271 e. The van der Waals surface area contributed by atoms with E-state index in [1.54, 1.807) is 25.1 Å². The van der Waals surface area contributed by atoms with Crippen LogP contribution in [0.15, 0.2) is 81.3 Å². The molecule has 0 saturated heterocycles. The molecule has 1 fully saturated rings. The Morgan fingerprint density at radius 2 is 1.74 bits per heavy atom. The topological polar surface area (TPSA) is 103 Å². The highest BCUT2D eigenvalue weighted by atomic mass is 32.2. The number of hydrogen-bond acceptors (Lipinski definition) is 6. The summed E-state index contributed by atoms with van der Waals surface area (Å²) in [6.07, 6.45) is 2.59. The van der Waals surface area contributed by atoms with E-state index in [4.69, 9.17) is 0 Å². The maximum Gasteiger partial charge on any atom is 0.271 e. The molecule has 0 aliphatic heterocycles. The second-order valence-electron chi connectivity index (χ2n) is 9.48. The molecule has 2 aromatic heterocycles. The quantitative estimate of drug-likeness (QED) is 0.289. The second-order valence-corrected chi connectivity index (χ2v) is 11.4. The maximum absolute atomic E-state index is 13.7. The largest absolute Gasteiger partial charge is 0.504 e. The molecule has 2 N–H and O–H groups in total. The van der Waals surface area contributed by atoms with Crippen LogP contribution in [0.4, 0.5) is 15.8 Å². The molecular formula is C29H28FN3O4S. The molecule has 38 heavy (non-hydrogen) atoms. The molecule has 9 heteroatoms. The third kappa shape index (κ3) is 4.81. The van der Waals surface area contributed by atoms with E-state index in [9.17, 15) is 22.7 Å². The normalized spacial score (nSPS) is 13.4. The summed E-state index contributed by atoms with van der Waals surface area (Å²) in [6, 6.07) is 18.0. The molecule has 7 nitrogen and oxygen atoms in total. The number of nitrogens with zero attached hydrogens (tertiary/aromatic N) is 2. The van der Waals surface area contributed by atoms with Gasteiger partial charge < -0.3 is 15.0 Å². The maximum atomic E-state index is 13.7. The molecule has 2 aromatic carbocycles. The number of nitrogens with one attached hydrogen (secondary N) is 1. The number of para-hydroxylation sites is 1. The average Bonchev–Trinajstić information content (AvgIpc) is 3.71. The Balaban J connectivity index is 1.62. The van der Waals surface area contributed by atoms with E-state index in [0.29, 0.717) is 47.1 Å². The van der Waals surface area contributed by atoms with Crippen LogP contribution in [-0.2, 0) is 16.3 Å². The number of hydrogen-bond donors (Lipinski definition) is 2. The van der Waals surface area contributed by atoms with Crippen LogP contribution in [0.1, 0.15) is 31.2 Å². The molecule has 0 bridgehead atoms. The fraction of sp³-hybridized carbons (Fsp3) is 0.241. The van der Waals surface area contributed by atoms with Crippen LogP contribution in [0.2, 0.25) is 0 Å². The molecule has 0 unspecified atom stereocenters. The predicted octanol–water partition coefficient (Wildman–Crippen LogP) is 5.53. The zero-order valence-electron chi connectivity index (χ0n) is 21.1. The van der Waals surface area contributed by atoms with Gasteiger partial charge in [0.15, 0.2) is 10.6 Å². The molecule has 0 radical (unpaired) electrons. The van der Waals surface area contributed by atoms with Crippen molar-refractivity contribution in [3.63, 3.8) is 0 Å². The van der Waals surface area contributed by atoms with E-state index >= 15 is 0 Å². The minimum atomic E-state index is -4.39. The SMILES string of the molecule is CCN(c1ccccc1)c1c(CC2CC2)[nH]c(=O)c(S(=O)(=O)c2ccc(-c3ccc(F)nc3C)cc2)c1O. The van der Waals surface area contributed by atoms with Crippen molar-refractivity contribution in [2.75, 3.05) is 11.4 Å². The molecule has 1 aliphatic rings. The van der Waals surface area contributed by atoms with Crippen LogP contribution >= 0.6 is 0 Å². The zero-order chi connectivity index (χ0) is 27.0. The molecule has 0 amide bonds. The van der Waals surface area contributed by atoms with Crippen LogP contribution in [-0.4, -0.2) is 30.0 Å². The molecule has 0 atom stereocenters. The molecule has 196 valence electrons. The van der Waals surface area contributed by atoms with E-state index in [1.165, 1.54) is 18.2 Å². The summed E-state index contributed by atoms with van der Waals surface area (Å²) in [5, 5.41) is 11.5. The Bertz CT molecular complexity index is 1650. The second kappa shape index (κ2) is 10.1. The number of anilines is 2. The van der Waals surface area contributed by atoms with Crippen molar-refractivity contribution in [1.29, 1.82) is 0 Å². The van der Waals surface area contributed by atoms with Gasteiger partial charge in [0.2, 0.25) is 15.8 Å². The van der Waals surface area contributed by atoms with Gasteiger partial charge in [0.1, 0.15) is 5.69 Å². The zero-order valence-corrected chi connectivity index (χ0v) is 21.9. The Morgan fingerprint density at radius 3 is 2.34 bits per heavy atom. The molecule has 4 aromatic rings. The van der Waals surface area contributed by atoms with Gasteiger partial charge in [-0.05, 0) is 81.0 Å². The first-order chi connectivity index (χ1) is 18.2. The number of rotatable bonds is 8. The van der Waals surface area contributed by atoms with E-state index in [0.717, 1.165) is 18.5 Å². The third-order valence-corrected chi connectivity index (χ3v) is 8.64. The monoisotopic (exact) mass is 533 g/mol. The lowest BCUT2D eigenvalue weighted by atomic mass is 10.1. The number of pyridine rings is 2. The number of halogens is 1. The molecule has 0 spiro atoms. The van der Waals surface area contributed by atoms with Crippen molar-refractivity contribution in [3.8, 4) is 16.9 Å². The Hall–Kier alpha value is -3.98. The molecule has 2 heterocycles. The summed E-state index contributed by atoms with van der Waals surface area (Å²) in [6.45, 7) is 4.01. The minimum Gasteiger partial charge on any atom is -0.504 e. The van der Waals surface area contributed by atoms with Gasteiger partial charge >= 0.3 is 0 Å². The highest BCUT2D eigenvalue weighted by molar-refractivity contribution is 7.91. The fourth-order valence-electron chi connectivity index (χ4n) is 4.75. The van der Waals surface area contributed by atoms with Gasteiger partial charge in [-0.1, -0.05) is 30.3 Å². The lowest BCUT2D eigenvalue weighted by Crippen LogP contribution is -2.25. The average molecular weight is 534 g/mol. The summed E-state index contributed by atoms with van der Waals surface area (Å²) < 4.78 is 40.9. The Kier molecular flexibility index (Phi) is 6.79. The van der Waals surface area contributed by atoms with Crippen molar-refractivity contribution in [3.05, 3.63) is 94.4 Å². The van der Waals surface area contributed by atoms with Gasteiger partial charge in [-0.15, -0.1) is 0 Å². The van der Waals surface area contributed by atoms with Gasteiger partial charge in [0.25, 0.3) is 5.56 Å². The number of aromatic hydroxyl groups is 1. The molecule has 1 aliphatic carbocycles. The molecular weight excluding hydrogens is 505 g/mol. The van der Waals surface area contributed by atoms with Crippen molar-refractivity contribution in [1.82, 2.24) is 9.97 Å².